The van der Waals surface area contributed by atoms with Crippen LogP contribution in [0.2, 0.25) is 0 Å². The number of nitrogens with one attached hydrogen (secondary N) is 1. The maximum atomic E-state index is 11.6. The fourth-order valence-electron chi connectivity index (χ4n) is 5.17. The van der Waals surface area contributed by atoms with Crippen LogP contribution >= 0.6 is 0 Å². The average Bonchev–Trinajstić information content (AvgIpc) is 2.94. The first-order valence-corrected chi connectivity index (χ1v) is 11.6. The lowest BCUT2D eigenvalue weighted by molar-refractivity contribution is -0.393. The van der Waals surface area contributed by atoms with Crippen molar-refractivity contribution in [3.8, 4) is 30.0 Å². The van der Waals surface area contributed by atoms with E-state index in [0.29, 0.717) is 11.3 Å². The number of anilines is 1. The van der Waals surface area contributed by atoms with Crippen LogP contribution in [0.5, 0.6) is 5.75 Å². The normalized spacial score (nSPS) is 20.1. The fourth-order valence-corrected chi connectivity index (χ4v) is 5.17. The van der Waals surface area contributed by atoms with E-state index < -0.39 is 49.8 Å². The number of non-ortho nitro benzene ring substituents is 1. The number of benzene rings is 2. The van der Waals surface area contributed by atoms with Crippen molar-refractivity contribution in [1.82, 2.24) is 0 Å². The van der Waals surface area contributed by atoms with E-state index in [-0.39, 0.29) is 17.8 Å². The van der Waals surface area contributed by atoms with Crippen LogP contribution < -0.4 is 10.2 Å². The molecule has 0 aliphatic heterocycles. The van der Waals surface area contributed by atoms with Crippen molar-refractivity contribution in [2.45, 2.75) is 26.2 Å². The van der Waals surface area contributed by atoms with Gasteiger partial charge in [0.25, 0.3) is 5.69 Å². The molecule has 0 saturated heterocycles. The summed E-state index contributed by atoms with van der Waals surface area (Å²) < 4.78 is 5.19. The number of nitriles is 4. The molecule has 0 heterocycles. The fraction of sp³-hybridized carbons (Fsp3) is 0.346. The second-order valence-corrected chi connectivity index (χ2v) is 9.25. The Balaban J connectivity index is 2.25. The van der Waals surface area contributed by atoms with E-state index in [0.717, 1.165) is 18.2 Å². The van der Waals surface area contributed by atoms with Crippen molar-refractivity contribution in [2.75, 3.05) is 12.5 Å². The van der Waals surface area contributed by atoms with E-state index in [1.807, 2.05) is 24.3 Å². The molecule has 1 aliphatic rings. The van der Waals surface area contributed by atoms with E-state index in [1.165, 1.54) is 7.11 Å². The molecule has 196 valence electrons. The van der Waals surface area contributed by atoms with Gasteiger partial charge in [-0.3, -0.25) is 25.7 Å². The first-order valence-electron chi connectivity index (χ1n) is 11.6. The molecular weight excluding hydrogens is 504 g/mol. The molecule has 1 aliphatic carbocycles. The van der Waals surface area contributed by atoms with Crippen molar-refractivity contribution in [3.63, 3.8) is 0 Å². The standard InChI is InChI=1S/C26H22N8O5/c1-16(2)24-22(32-31-21-9-6-18(33(35)36)10-23(21)34(37)38)11-20(17-4-7-19(39-3)8-5-17)25(12-27,13-28)26(24,14-29)15-30/h4-10,16,20,24,31H,11H2,1-3H3/b32-22-/t20-,24-/m1/s1. The molecule has 13 nitrogen and oxygen atoms in total. The van der Waals surface area contributed by atoms with E-state index in [4.69, 9.17) is 4.74 Å². The zero-order valence-electron chi connectivity index (χ0n) is 21.2. The van der Waals surface area contributed by atoms with Crippen LogP contribution in [0.4, 0.5) is 17.1 Å². The number of hydrazone groups is 1. The molecule has 0 unspecified atom stereocenters. The number of rotatable bonds is 7. The number of methoxy groups -OCH3 is 1. The molecule has 39 heavy (non-hydrogen) atoms. The van der Waals surface area contributed by atoms with Gasteiger partial charge in [0.15, 0.2) is 10.8 Å². The number of ether oxygens (including phenoxy) is 1. The largest absolute Gasteiger partial charge is 0.497 e. The van der Waals surface area contributed by atoms with Crippen molar-refractivity contribution >= 4 is 22.8 Å². The maximum absolute atomic E-state index is 11.6. The summed E-state index contributed by atoms with van der Waals surface area (Å²) in [6, 6.07) is 17.4. The van der Waals surface area contributed by atoms with Crippen molar-refractivity contribution in [1.29, 1.82) is 21.0 Å². The van der Waals surface area contributed by atoms with Gasteiger partial charge in [-0.25, -0.2) is 0 Å². The predicted molar refractivity (Wildman–Crippen MR) is 137 cm³/mol. The van der Waals surface area contributed by atoms with Crippen LogP contribution in [0.3, 0.4) is 0 Å². The van der Waals surface area contributed by atoms with Gasteiger partial charge in [0.05, 0.1) is 47.3 Å². The zero-order valence-corrected chi connectivity index (χ0v) is 21.2. The zero-order chi connectivity index (χ0) is 29.0. The van der Waals surface area contributed by atoms with E-state index in [1.54, 1.807) is 38.1 Å². The summed E-state index contributed by atoms with van der Waals surface area (Å²) in [4.78, 5) is 21.1. The van der Waals surface area contributed by atoms with Crippen LogP contribution in [-0.4, -0.2) is 22.7 Å². The summed E-state index contributed by atoms with van der Waals surface area (Å²) >= 11 is 0. The van der Waals surface area contributed by atoms with Gasteiger partial charge in [0, 0.05) is 23.6 Å². The monoisotopic (exact) mass is 526 g/mol. The summed E-state index contributed by atoms with van der Waals surface area (Å²) in [6.45, 7) is 3.43. The highest BCUT2D eigenvalue weighted by Gasteiger charge is 2.68. The highest BCUT2D eigenvalue weighted by Crippen LogP contribution is 2.60. The predicted octanol–water partition coefficient (Wildman–Crippen LogP) is 4.81. The summed E-state index contributed by atoms with van der Waals surface area (Å²) in [5.41, 5.74) is -2.19. The minimum atomic E-state index is -2.16. The lowest BCUT2D eigenvalue weighted by atomic mass is 9.46. The average molecular weight is 527 g/mol. The third-order valence-corrected chi connectivity index (χ3v) is 6.98. The lowest BCUT2D eigenvalue weighted by Gasteiger charge is -2.48. The first-order chi connectivity index (χ1) is 18.5. The Kier molecular flexibility index (Phi) is 7.79. The quantitative estimate of drug-likeness (QED) is 0.383. The minimum Gasteiger partial charge on any atom is -0.497 e. The molecule has 2 aromatic carbocycles. The Morgan fingerprint density at radius 2 is 1.56 bits per heavy atom. The van der Waals surface area contributed by atoms with Crippen molar-refractivity contribution < 1.29 is 14.6 Å². The molecule has 0 amide bonds. The molecule has 1 N–H and O–H groups in total. The number of hydrogen-bond donors (Lipinski definition) is 1. The Bertz CT molecular complexity index is 1480. The summed E-state index contributed by atoms with van der Waals surface area (Å²) in [5.74, 6) is -1.91. The van der Waals surface area contributed by atoms with Gasteiger partial charge in [0.1, 0.15) is 11.4 Å². The lowest BCUT2D eigenvalue weighted by Crippen LogP contribution is -2.56. The second kappa shape index (κ2) is 10.8. The van der Waals surface area contributed by atoms with Crippen LogP contribution in [0, 0.1) is 88.2 Å². The van der Waals surface area contributed by atoms with Gasteiger partial charge in [-0.05, 0) is 36.1 Å². The third-order valence-electron chi connectivity index (χ3n) is 6.98. The molecule has 2 atom stereocenters. The highest BCUT2D eigenvalue weighted by molar-refractivity contribution is 5.92. The van der Waals surface area contributed by atoms with E-state index >= 15 is 0 Å². The Hall–Kier alpha value is -5.53. The summed E-state index contributed by atoms with van der Waals surface area (Å²) in [7, 11) is 1.47. The smallest absolute Gasteiger partial charge is 0.301 e. The van der Waals surface area contributed by atoms with Gasteiger partial charge in [-0.15, -0.1) is 0 Å². The number of hydrogen-bond acceptors (Lipinski definition) is 11. The number of nitro benzene ring substituents is 2. The van der Waals surface area contributed by atoms with Gasteiger partial charge >= 0.3 is 5.69 Å². The van der Waals surface area contributed by atoms with E-state index in [9.17, 15) is 41.3 Å². The molecule has 0 radical (unpaired) electrons. The van der Waals surface area contributed by atoms with E-state index in [2.05, 4.69) is 10.5 Å². The van der Waals surface area contributed by atoms with Crippen LogP contribution in [0.15, 0.2) is 47.6 Å². The van der Waals surface area contributed by atoms with Crippen LogP contribution in [0.1, 0.15) is 31.7 Å². The Morgan fingerprint density at radius 1 is 0.974 bits per heavy atom. The van der Waals surface area contributed by atoms with Gasteiger partial charge in [-0.1, -0.05) is 26.0 Å². The molecule has 3 rings (SSSR count). The molecule has 1 fully saturated rings. The molecule has 0 bridgehead atoms. The summed E-state index contributed by atoms with van der Waals surface area (Å²) in [5, 5.41) is 68.5. The van der Waals surface area contributed by atoms with Gasteiger partial charge in [0.2, 0.25) is 0 Å². The minimum absolute atomic E-state index is 0.0326. The van der Waals surface area contributed by atoms with Gasteiger partial charge < -0.3 is 4.74 Å². The molecule has 1 saturated carbocycles. The van der Waals surface area contributed by atoms with Crippen LogP contribution in [-0.2, 0) is 0 Å². The Labute approximate surface area is 223 Å². The highest BCUT2D eigenvalue weighted by atomic mass is 16.6. The SMILES string of the molecule is COc1ccc([C@H]2C/C(=N/Nc3ccc([N+](=O)[O-])cc3[N+](=O)[O-])[C@@H](C(C)C)C(C#N)(C#N)C2(C#N)C#N)cc1. The number of nitro groups is 2. The Morgan fingerprint density at radius 3 is 2.03 bits per heavy atom. The first kappa shape index (κ1) is 28.0. The van der Waals surface area contributed by atoms with Crippen LogP contribution in [0.25, 0.3) is 0 Å². The number of nitrogens with zero attached hydrogens (tertiary/aromatic N) is 7. The van der Waals surface area contributed by atoms with Crippen molar-refractivity contribution in [3.05, 3.63) is 68.3 Å². The molecule has 2 aromatic rings. The summed E-state index contributed by atoms with van der Waals surface area (Å²) in [6.07, 6.45) is -0.0326. The molecular formula is C26H22N8O5. The van der Waals surface area contributed by atoms with Crippen molar-refractivity contribution in [2.24, 2.45) is 27.8 Å². The molecule has 0 spiro atoms. The van der Waals surface area contributed by atoms with Gasteiger partial charge in [-0.2, -0.15) is 26.1 Å². The molecule has 0 aromatic heterocycles. The molecule has 13 heteroatoms. The third kappa shape index (κ3) is 4.54. The second-order valence-electron chi connectivity index (χ2n) is 9.25. The topological polar surface area (TPSA) is 215 Å². The maximum Gasteiger partial charge on any atom is 0.301 e.